The molecule has 1 aliphatic carbocycles. The molecule has 0 aromatic heterocycles. The maximum atomic E-state index is 4.82. The number of halogens is 3. The molecular formula is C6H14Al2Cl3OTi-. The van der Waals surface area contributed by atoms with Gasteiger partial charge in [-0.05, 0) is 0 Å². The first kappa shape index (κ1) is 29.4. The van der Waals surface area contributed by atoms with Crippen LogP contribution in [0.2, 0.25) is 5.79 Å². The molecule has 0 heterocycles. The first-order chi connectivity index (χ1) is 4.41. The summed E-state index contributed by atoms with van der Waals surface area (Å²) in [5.74, 6) is 2.13. The first-order valence-electron chi connectivity index (χ1n) is 3.12. The summed E-state index contributed by atoms with van der Waals surface area (Å²) in [6.07, 6.45) is 10.0. The molecule has 0 amide bonds. The molecule has 0 aromatic carbocycles. The molecule has 0 aromatic rings. The Bertz CT molecular complexity index is 102. The van der Waals surface area contributed by atoms with Crippen molar-refractivity contribution in [2.45, 2.75) is 12.2 Å². The van der Waals surface area contributed by atoms with Crippen molar-refractivity contribution in [2.24, 2.45) is 0 Å². The van der Waals surface area contributed by atoms with E-state index < -0.39 is 0 Å². The van der Waals surface area contributed by atoms with Crippen molar-refractivity contribution >= 4 is 69.4 Å². The number of allylic oxidation sites excluding steroid dienone is 4. The van der Waals surface area contributed by atoms with Crippen LogP contribution in [-0.4, -0.2) is 32.2 Å². The smallest absolute Gasteiger partial charge is 0.401 e. The van der Waals surface area contributed by atoms with E-state index >= 15 is 0 Å². The minimum atomic E-state index is -0.0139. The summed E-state index contributed by atoms with van der Waals surface area (Å²) in [6, 6.07) is 0. The van der Waals surface area contributed by atoms with E-state index in [0.29, 0.717) is 0 Å². The molecule has 0 unspecified atom stereocenters. The zero-order chi connectivity index (χ0) is 6.95. The predicted molar refractivity (Wildman–Crippen MR) is 66.0 cm³/mol. The maximum absolute atomic E-state index is 4.82. The Hall–Kier alpha value is 2.09. The minimum Gasteiger partial charge on any atom is -0.645 e. The van der Waals surface area contributed by atoms with Gasteiger partial charge in [0.1, 0.15) is 0 Å². The van der Waals surface area contributed by atoms with Gasteiger partial charge < -0.3 is 2.84 Å². The van der Waals surface area contributed by atoms with Gasteiger partial charge in [-0.1, -0.05) is 5.79 Å². The molecule has 0 saturated heterocycles. The molecule has 1 nitrogen and oxygen atoms in total. The number of hydrogen-bond donors (Lipinski definition) is 0. The fourth-order valence-electron chi connectivity index (χ4n) is 0.340. The molecule has 0 spiro atoms. The Labute approximate surface area is 129 Å². The van der Waals surface area contributed by atoms with Crippen LogP contribution in [0.15, 0.2) is 18.2 Å². The fraction of sp³-hybridized carbons (Fsp3) is 0.333. The molecule has 76 valence electrons. The molecule has 7 heteroatoms. The van der Waals surface area contributed by atoms with Crippen LogP contribution in [-0.2, 0) is 24.6 Å². The van der Waals surface area contributed by atoms with Crippen LogP contribution >= 0.6 is 37.2 Å². The van der Waals surface area contributed by atoms with Gasteiger partial charge in [0.05, 0.1) is 0 Å². The maximum Gasteiger partial charge on any atom is 0.401 e. The Balaban J connectivity index is -0.0000000256. The molecule has 1 aliphatic rings. The average molecular weight is 310 g/mol. The summed E-state index contributed by atoms with van der Waals surface area (Å²) in [6.45, 7) is 0. The van der Waals surface area contributed by atoms with Gasteiger partial charge in [0, 0.05) is 21.7 Å². The minimum absolute atomic E-state index is 0. The van der Waals surface area contributed by atoms with Gasteiger partial charge in [-0.2, -0.15) is 6.08 Å². The monoisotopic (exact) mass is 309 g/mol. The fourth-order valence-corrected chi connectivity index (χ4v) is 0.340. The molecule has 0 saturated carbocycles. The summed E-state index contributed by atoms with van der Waals surface area (Å²) in [5, 5.41) is 0. The zero-order valence-corrected chi connectivity index (χ0v) is 15.2. The average Bonchev–Trinajstić information content (AvgIpc) is 2.43. The second kappa shape index (κ2) is 29.2. The van der Waals surface area contributed by atoms with Crippen LogP contribution in [0.4, 0.5) is 0 Å². The van der Waals surface area contributed by atoms with Crippen molar-refractivity contribution in [3.63, 3.8) is 0 Å². The van der Waals surface area contributed by atoms with Crippen molar-refractivity contribution in [1.82, 2.24) is 0 Å². The zero-order valence-electron chi connectivity index (χ0n) is 7.78. The van der Waals surface area contributed by atoms with E-state index in [0.717, 1.165) is 23.0 Å². The van der Waals surface area contributed by atoms with E-state index in [1.54, 1.807) is 0 Å². The third-order valence-electron chi connectivity index (χ3n) is 0.875. The van der Waals surface area contributed by atoms with Crippen LogP contribution < -0.4 is 0 Å². The Morgan fingerprint density at radius 3 is 1.92 bits per heavy atom. The van der Waals surface area contributed by atoms with Gasteiger partial charge in [0.15, 0.2) is 0 Å². The summed E-state index contributed by atoms with van der Waals surface area (Å²) >= 11 is 0.938. The van der Waals surface area contributed by atoms with Crippen molar-refractivity contribution in [1.29, 1.82) is 0 Å². The number of rotatable bonds is 1. The van der Waals surface area contributed by atoms with Crippen LogP contribution in [0.1, 0.15) is 6.42 Å². The molecule has 0 bridgehead atoms. The molecule has 13 heavy (non-hydrogen) atoms. The first-order valence-corrected chi connectivity index (χ1v) is 5.93. The normalized spacial score (nSPS) is 8.69. The second-order valence-corrected chi connectivity index (χ2v) is 4.47. The molecule has 0 aliphatic heterocycles. The summed E-state index contributed by atoms with van der Waals surface area (Å²) in [7, 11) is 0. The second-order valence-electron chi connectivity index (χ2n) is 1.58. The van der Waals surface area contributed by atoms with E-state index in [4.69, 9.17) is 2.84 Å². The van der Waals surface area contributed by atoms with E-state index in [1.165, 1.54) is 0 Å². The summed E-state index contributed by atoms with van der Waals surface area (Å²) < 4.78 is 4.82. The van der Waals surface area contributed by atoms with E-state index in [2.05, 4.69) is 17.9 Å². The van der Waals surface area contributed by atoms with E-state index in [-0.39, 0.29) is 74.5 Å². The summed E-state index contributed by atoms with van der Waals surface area (Å²) in [4.78, 5) is 0. The molecular weight excluding hydrogens is 296 g/mol. The van der Waals surface area contributed by atoms with E-state index in [1.807, 2.05) is 12.2 Å². The van der Waals surface area contributed by atoms with Gasteiger partial charge in [-0.3, -0.25) is 6.08 Å². The topological polar surface area (TPSA) is 9.23 Å². The van der Waals surface area contributed by atoms with Gasteiger partial charge in [-0.25, -0.2) is 12.2 Å². The van der Waals surface area contributed by atoms with E-state index in [9.17, 15) is 0 Å². The SMILES string of the molecule is Cl.Cl.Cl.[C-]1=CC=CC1.[CH3][AlH][O][AlH2].[Ti]. The van der Waals surface area contributed by atoms with Crippen LogP contribution in [0.25, 0.3) is 0 Å². The Morgan fingerprint density at radius 1 is 1.38 bits per heavy atom. The van der Waals surface area contributed by atoms with Gasteiger partial charge in [0.2, 0.25) is 0 Å². The molecule has 0 atom stereocenters. The Morgan fingerprint density at radius 2 is 1.85 bits per heavy atom. The molecule has 0 fully saturated rings. The van der Waals surface area contributed by atoms with Crippen LogP contribution in [0.5, 0.6) is 0 Å². The van der Waals surface area contributed by atoms with Crippen molar-refractivity contribution in [3.05, 3.63) is 24.3 Å². The Kier molecular flexibility index (Phi) is 66.1. The quantitative estimate of drug-likeness (QED) is 0.527. The number of hydrogen-bond acceptors (Lipinski definition) is 1. The predicted octanol–water partition coefficient (Wildman–Crippen LogP) is 1.52. The summed E-state index contributed by atoms with van der Waals surface area (Å²) in [5.41, 5.74) is 0. The third-order valence-corrected chi connectivity index (χ3v) is 3.18. The van der Waals surface area contributed by atoms with Gasteiger partial charge >= 0.3 is 32.2 Å². The van der Waals surface area contributed by atoms with Crippen LogP contribution in [0.3, 0.4) is 0 Å². The molecule has 0 radical (unpaired) electrons. The van der Waals surface area contributed by atoms with Crippen molar-refractivity contribution in [3.8, 4) is 0 Å². The van der Waals surface area contributed by atoms with Crippen molar-refractivity contribution in [2.75, 3.05) is 0 Å². The van der Waals surface area contributed by atoms with Gasteiger partial charge in [0.25, 0.3) is 0 Å². The van der Waals surface area contributed by atoms with Crippen LogP contribution in [0, 0.1) is 6.08 Å². The molecule has 0 N–H and O–H groups in total. The van der Waals surface area contributed by atoms with Gasteiger partial charge in [-0.15, -0.1) is 43.6 Å². The third kappa shape index (κ3) is 31.5. The molecule has 1 rings (SSSR count). The van der Waals surface area contributed by atoms with Crippen molar-refractivity contribution < 1.29 is 24.6 Å². The largest absolute Gasteiger partial charge is 0.645 e. The standard InChI is InChI=1S/C5H5.CH3.2Al.3ClH.O.Ti.3H/c1-2-4-5-3-1;;;;;;;;;;;/h1-3H,4H2;1H3;;;3*1H;;;;;/q-1;;;;;;;;;;;.